The molecule has 0 saturated carbocycles. The topological polar surface area (TPSA) is 66.6 Å². The smallest absolute Gasteiger partial charge is 0.168 e. The molecule has 2 rings (SSSR count). The van der Waals surface area contributed by atoms with Crippen LogP contribution in [0.25, 0.3) is 21.6 Å². The first-order valence-corrected chi connectivity index (χ1v) is 10.7. The van der Waals surface area contributed by atoms with Crippen molar-refractivity contribution in [3.05, 3.63) is 47.4 Å². The van der Waals surface area contributed by atoms with Crippen molar-refractivity contribution in [2.75, 3.05) is 0 Å². The van der Waals surface area contributed by atoms with Crippen LogP contribution in [0, 0.1) is 0 Å². The highest BCUT2D eigenvalue weighted by Gasteiger charge is 2.44. The third-order valence-corrected chi connectivity index (χ3v) is 11.9. The molecule has 6 heteroatoms. The second-order valence-corrected chi connectivity index (χ2v) is 13.0. The summed E-state index contributed by atoms with van der Waals surface area (Å²) in [6, 6.07) is 4.04. The standard InChI is InChI=1S/C18H27N5Si/c1-13(2)24(14(3)4,15(5)6)23-10-8-16(12-23)17-7-9-20-11-18(17)21-22-19/h7-15H,1-6H3. The molecule has 0 spiro atoms. The quantitative estimate of drug-likeness (QED) is 0.255. The predicted molar refractivity (Wildman–Crippen MR) is 103 cm³/mol. The van der Waals surface area contributed by atoms with E-state index in [1.807, 2.05) is 6.07 Å². The van der Waals surface area contributed by atoms with Gasteiger partial charge in [0.25, 0.3) is 0 Å². The summed E-state index contributed by atoms with van der Waals surface area (Å²) < 4.78 is 2.49. The first-order valence-electron chi connectivity index (χ1n) is 8.53. The highest BCUT2D eigenvalue weighted by molar-refractivity contribution is 6.82. The number of aromatic nitrogens is 2. The van der Waals surface area contributed by atoms with Gasteiger partial charge in [0.15, 0.2) is 8.24 Å². The van der Waals surface area contributed by atoms with Crippen molar-refractivity contribution in [3.63, 3.8) is 0 Å². The van der Waals surface area contributed by atoms with Gasteiger partial charge in [-0.1, -0.05) is 46.7 Å². The Labute approximate surface area is 145 Å². The minimum absolute atomic E-state index is 0.573. The van der Waals surface area contributed by atoms with Crippen LogP contribution in [0.2, 0.25) is 16.6 Å². The van der Waals surface area contributed by atoms with Crippen molar-refractivity contribution in [2.24, 2.45) is 5.11 Å². The molecule has 2 aromatic rings. The lowest BCUT2D eigenvalue weighted by molar-refractivity contribution is 0.766. The number of hydrogen-bond acceptors (Lipinski definition) is 2. The number of pyridine rings is 1. The van der Waals surface area contributed by atoms with Crippen molar-refractivity contribution in [2.45, 2.75) is 58.2 Å². The van der Waals surface area contributed by atoms with Gasteiger partial charge < -0.3 is 4.23 Å². The molecule has 0 atom stereocenters. The molecule has 24 heavy (non-hydrogen) atoms. The van der Waals surface area contributed by atoms with Gasteiger partial charge in [-0.3, -0.25) is 4.98 Å². The van der Waals surface area contributed by atoms with E-state index in [1.165, 1.54) is 0 Å². The molecule has 0 fully saturated rings. The lowest BCUT2D eigenvalue weighted by Crippen LogP contribution is -2.51. The molecule has 5 nitrogen and oxygen atoms in total. The van der Waals surface area contributed by atoms with Crippen LogP contribution in [-0.4, -0.2) is 17.5 Å². The average Bonchev–Trinajstić information content (AvgIpc) is 2.97. The van der Waals surface area contributed by atoms with E-state index in [4.69, 9.17) is 5.53 Å². The van der Waals surface area contributed by atoms with E-state index in [2.05, 4.69) is 79.2 Å². The maximum atomic E-state index is 8.78. The van der Waals surface area contributed by atoms with Crippen molar-refractivity contribution in [1.82, 2.24) is 9.22 Å². The zero-order chi connectivity index (χ0) is 17.9. The van der Waals surface area contributed by atoms with Gasteiger partial charge in [-0.2, -0.15) is 0 Å². The van der Waals surface area contributed by atoms with Gasteiger partial charge in [0, 0.05) is 23.5 Å². The summed E-state index contributed by atoms with van der Waals surface area (Å²) in [5, 5.41) is 3.78. The fraction of sp³-hybridized carbons (Fsp3) is 0.500. The Morgan fingerprint density at radius 3 is 2.25 bits per heavy atom. The molecule has 0 aliphatic rings. The Bertz CT molecular complexity index is 720. The summed E-state index contributed by atoms with van der Waals surface area (Å²) in [7, 11) is -1.75. The van der Waals surface area contributed by atoms with Crippen LogP contribution in [0.4, 0.5) is 5.69 Å². The average molecular weight is 342 g/mol. The Morgan fingerprint density at radius 2 is 1.71 bits per heavy atom. The van der Waals surface area contributed by atoms with Crippen molar-refractivity contribution in [1.29, 1.82) is 0 Å². The molecule has 0 radical (unpaired) electrons. The lowest BCUT2D eigenvalue weighted by atomic mass is 10.1. The fourth-order valence-corrected chi connectivity index (χ4v) is 10.9. The third-order valence-electron chi connectivity index (χ3n) is 5.18. The van der Waals surface area contributed by atoms with Crippen molar-refractivity contribution >= 4 is 13.9 Å². The van der Waals surface area contributed by atoms with Gasteiger partial charge in [0.2, 0.25) is 0 Å². The minimum Gasteiger partial charge on any atom is -0.379 e. The molecule has 0 saturated heterocycles. The molecular weight excluding hydrogens is 314 g/mol. The van der Waals surface area contributed by atoms with Crippen molar-refractivity contribution < 1.29 is 0 Å². The van der Waals surface area contributed by atoms with Crippen LogP contribution in [0.5, 0.6) is 0 Å². The SMILES string of the molecule is CC(C)[Si](C(C)C)(C(C)C)n1ccc(-c2ccncc2N=[N+]=[N-])c1. The van der Waals surface area contributed by atoms with Gasteiger partial charge >= 0.3 is 0 Å². The third kappa shape index (κ3) is 2.99. The van der Waals surface area contributed by atoms with Crippen LogP contribution >= 0.6 is 0 Å². The summed E-state index contributed by atoms with van der Waals surface area (Å²) in [5.41, 5.74) is 13.3. The Kier molecular flexibility index (Phi) is 5.52. The van der Waals surface area contributed by atoms with Crippen LogP contribution in [0.15, 0.2) is 42.0 Å². The fourth-order valence-electron chi connectivity index (χ4n) is 4.45. The largest absolute Gasteiger partial charge is 0.379 e. The molecule has 0 amide bonds. The van der Waals surface area contributed by atoms with Crippen LogP contribution in [0.1, 0.15) is 41.5 Å². The maximum Gasteiger partial charge on any atom is 0.168 e. The van der Waals surface area contributed by atoms with Crippen molar-refractivity contribution in [3.8, 4) is 11.1 Å². The zero-order valence-corrected chi connectivity index (χ0v) is 16.4. The number of rotatable bonds is 6. The second-order valence-electron chi connectivity index (χ2n) is 7.24. The molecule has 0 aliphatic heterocycles. The molecule has 128 valence electrons. The van der Waals surface area contributed by atoms with E-state index >= 15 is 0 Å². The number of azide groups is 1. The summed E-state index contributed by atoms with van der Waals surface area (Å²) >= 11 is 0. The first-order chi connectivity index (χ1) is 11.4. The highest BCUT2D eigenvalue weighted by Crippen LogP contribution is 2.43. The van der Waals surface area contributed by atoms with E-state index in [1.54, 1.807) is 12.4 Å². The first kappa shape index (κ1) is 18.3. The summed E-state index contributed by atoms with van der Waals surface area (Å²) in [5.74, 6) is 0. The van der Waals surface area contributed by atoms with Gasteiger partial charge in [-0.05, 0) is 51.6 Å². The summed E-state index contributed by atoms with van der Waals surface area (Å²) in [4.78, 5) is 6.99. The molecule has 0 bridgehead atoms. The number of hydrogen-bond donors (Lipinski definition) is 0. The van der Waals surface area contributed by atoms with E-state index in [0.29, 0.717) is 22.3 Å². The molecule has 0 unspecified atom stereocenters. The minimum atomic E-state index is -1.75. The van der Waals surface area contributed by atoms with Crippen LogP contribution < -0.4 is 0 Å². The molecule has 0 N–H and O–H groups in total. The van der Waals surface area contributed by atoms with Crippen LogP contribution in [-0.2, 0) is 0 Å². The Hall–Kier alpha value is -2.04. The van der Waals surface area contributed by atoms with Gasteiger partial charge in [0.05, 0.1) is 5.69 Å². The monoisotopic (exact) mass is 341 g/mol. The normalized spacial score (nSPS) is 12.0. The highest BCUT2D eigenvalue weighted by atomic mass is 28.3. The van der Waals surface area contributed by atoms with Gasteiger partial charge in [-0.25, -0.2) is 0 Å². The van der Waals surface area contributed by atoms with Gasteiger partial charge in [-0.15, -0.1) is 0 Å². The van der Waals surface area contributed by atoms with E-state index < -0.39 is 8.24 Å². The maximum absolute atomic E-state index is 8.78. The molecule has 0 aliphatic carbocycles. The summed E-state index contributed by atoms with van der Waals surface area (Å²) in [6.07, 6.45) is 7.80. The van der Waals surface area contributed by atoms with Gasteiger partial charge in [0.1, 0.15) is 0 Å². The van der Waals surface area contributed by atoms with E-state index in [-0.39, 0.29) is 0 Å². The lowest BCUT2D eigenvalue weighted by Gasteiger charge is -2.44. The number of nitrogens with zero attached hydrogens (tertiary/aromatic N) is 5. The molecule has 2 aromatic heterocycles. The molecule has 2 heterocycles. The predicted octanol–water partition coefficient (Wildman–Crippen LogP) is 6.52. The molecule has 0 aromatic carbocycles. The van der Waals surface area contributed by atoms with E-state index in [9.17, 15) is 0 Å². The Balaban J connectivity index is 2.59. The second kappa shape index (κ2) is 7.24. The van der Waals surface area contributed by atoms with Crippen LogP contribution in [0.3, 0.4) is 0 Å². The summed E-state index contributed by atoms with van der Waals surface area (Å²) in [6.45, 7) is 14.1. The zero-order valence-electron chi connectivity index (χ0n) is 15.4. The van der Waals surface area contributed by atoms with E-state index in [0.717, 1.165) is 11.1 Å². The Morgan fingerprint density at radius 1 is 1.08 bits per heavy atom. The molecular formula is C18H27N5Si.